The summed E-state index contributed by atoms with van der Waals surface area (Å²) in [6.45, 7) is 5.18. The van der Waals surface area contributed by atoms with Crippen LogP contribution >= 0.6 is 0 Å². The molecule has 7 atom stereocenters. The second-order valence-corrected chi connectivity index (χ2v) is 7.95. The number of nitriles is 1. The summed E-state index contributed by atoms with van der Waals surface area (Å²) in [5.41, 5.74) is 0.305. The van der Waals surface area contributed by atoms with Crippen molar-refractivity contribution in [2.24, 2.45) is 40.9 Å². The molecule has 20 heavy (non-hydrogen) atoms. The molecule has 0 aromatic heterocycles. The molecule has 3 unspecified atom stereocenters. The average Bonchev–Trinajstić information content (AvgIpc) is 2.78. The van der Waals surface area contributed by atoms with Gasteiger partial charge in [0.25, 0.3) is 0 Å². The minimum absolute atomic E-state index is 0.305. The van der Waals surface area contributed by atoms with Crippen LogP contribution in [0.5, 0.6) is 0 Å². The Morgan fingerprint density at radius 3 is 2.65 bits per heavy atom. The molecule has 112 valence electrons. The van der Waals surface area contributed by atoms with E-state index in [1.54, 1.807) is 0 Å². The predicted molar refractivity (Wildman–Crippen MR) is 79.7 cm³/mol. The third-order valence-electron chi connectivity index (χ3n) is 7.44. The fourth-order valence-corrected chi connectivity index (χ4v) is 6.19. The van der Waals surface area contributed by atoms with Crippen LogP contribution in [0, 0.1) is 52.3 Å². The van der Waals surface area contributed by atoms with E-state index in [1.165, 1.54) is 32.1 Å². The van der Waals surface area contributed by atoms with Gasteiger partial charge in [0.1, 0.15) is 0 Å². The van der Waals surface area contributed by atoms with Crippen LogP contribution in [-0.2, 0) is 0 Å². The fourth-order valence-electron chi connectivity index (χ4n) is 6.19. The normalized spacial score (nSPS) is 51.1. The van der Waals surface area contributed by atoms with Crippen molar-refractivity contribution in [2.75, 3.05) is 6.61 Å². The summed E-state index contributed by atoms with van der Waals surface area (Å²) < 4.78 is 0. The van der Waals surface area contributed by atoms with Crippen molar-refractivity contribution in [2.45, 2.75) is 58.8 Å². The van der Waals surface area contributed by atoms with Gasteiger partial charge in [0.15, 0.2) is 0 Å². The summed E-state index contributed by atoms with van der Waals surface area (Å²) in [7, 11) is 0. The second-order valence-electron chi connectivity index (χ2n) is 7.95. The highest BCUT2D eigenvalue weighted by Crippen LogP contribution is 2.62. The van der Waals surface area contributed by atoms with E-state index in [2.05, 4.69) is 19.9 Å². The third-order valence-corrected chi connectivity index (χ3v) is 7.44. The average molecular weight is 275 g/mol. The highest BCUT2D eigenvalue weighted by atomic mass is 16.3. The lowest BCUT2D eigenvalue weighted by Gasteiger charge is -2.53. The van der Waals surface area contributed by atoms with Gasteiger partial charge in [0, 0.05) is 6.61 Å². The standard InChI is InChI=1S/C18H29NO/c1-12-13(8-10-20)3-5-16-15(12)7-9-18(2)14(11-19)4-6-17(16)18/h12-17,20H,3-10H2,1-2H3/t12-,13-,14-,15?,16?,17?,18+/m0/s1. The van der Waals surface area contributed by atoms with Crippen molar-refractivity contribution in [1.82, 2.24) is 0 Å². The van der Waals surface area contributed by atoms with Crippen LogP contribution in [0.1, 0.15) is 58.8 Å². The molecular weight excluding hydrogens is 246 g/mol. The van der Waals surface area contributed by atoms with Crippen LogP contribution in [0.25, 0.3) is 0 Å². The Morgan fingerprint density at radius 1 is 1.15 bits per heavy atom. The Labute approximate surface area is 123 Å². The maximum Gasteiger partial charge on any atom is 0.0661 e. The monoisotopic (exact) mass is 275 g/mol. The van der Waals surface area contributed by atoms with E-state index in [-0.39, 0.29) is 0 Å². The van der Waals surface area contributed by atoms with Gasteiger partial charge in [-0.15, -0.1) is 0 Å². The molecule has 3 fully saturated rings. The first-order chi connectivity index (χ1) is 9.61. The van der Waals surface area contributed by atoms with E-state index in [0.29, 0.717) is 17.9 Å². The minimum atomic E-state index is 0.305. The molecule has 0 radical (unpaired) electrons. The lowest BCUT2D eigenvalue weighted by atomic mass is 9.51. The number of aliphatic hydroxyl groups excluding tert-OH is 1. The van der Waals surface area contributed by atoms with Gasteiger partial charge in [-0.25, -0.2) is 0 Å². The van der Waals surface area contributed by atoms with Crippen molar-refractivity contribution in [1.29, 1.82) is 5.26 Å². The van der Waals surface area contributed by atoms with Crippen LogP contribution < -0.4 is 0 Å². The number of nitrogens with zero attached hydrogens (tertiary/aromatic N) is 1. The molecule has 2 nitrogen and oxygen atoms in total. The highest BCUT2D eigenvalue weighted by Gasteiger charge is 2.55. The Morgan fingerprint density at radius 2 is 1.95 bits per heavy atom. The predicted octanol–water partition coefficient (Wildman–Crippen LogP) is 4.00. The molecule has 0 aromatic rings. The summed E-state index contributed by atoms with van der Waals surface area (Å²) in [6.07, 6.45) is 8.63. The zero-order chi connectivity index (χ0) is 14.3. The zero-order valence-electron chi connectivity index (χ0n) is 13.0. The van der Waals surface area contributed by atoms with Gasteiger partial charge in [-0.05, 0) is 80.0 Å². The maximum absolute atomic E-state index is 9.45. The summed E-state index contributed by atoms with van der Waals surface area (Å²) in [5, 5.41) is 18.7. The molecule has 2 heteroatoms. The first-order valence-electron chi connectivity index (χ1n) is 8.62. The van der Waals surface area contributed by atoms with Crippen molar-refractivity contribution < 1.29 is 5.11 Å². The van der Waals surface area contributed by atoms with Gasteiger partial charge in [0.05, 0.1) is 12.0 Å². The molecular formula is C18H29NO. The molecule has 0 saturated heterocycles. The third kappa shape index (κ3) is 2.01. The first kappa shape index (κ1) is 14.4. The zero-order valence-corrected chi connectivity index (χ0v) is 13.0. The Hall–Kier alpha value is -0.550. The summed E-state index contributed by atoms with van der Waals surface area (Å²) in [6, 6.07) is 2.61. The molecule has 0 heterocycles. The van der Waals surface area contributed by atoms with E-state index in [0.717, 1.165) is 42.4 Å². The van der Waals surface area contributed by atoms with Crippen LogP contribution in [-0.4, -0.2) is 11.7 Å². The molecule has 3 aliphatic rings. The van der Waals surface area contributed by atoms with Crippen LogP contribution in [0.4, 0.5) is 0 Å². The Balaban J connectivity index is 1.78. The van der Waals surface area contributed by atoms with Crippen LogP contribution in [0.2, 0.25) is 0 Å². The number of hydrogen-bond donors (Lipinski definition) is 1. The smallest absolute Gasteiger partial charge is 0.0661 e. The number of rotatable bonds is 2. The van der Waals surface area contributed by atoms with Crippen molar-refractivity contribution >= 4 is 0 Å². The summed E-state index contributed by atoms with van der Waals surface area (Å²) in [5.74, 6) is 4.32. The fraction of sp³-hybridized carbons (Fsp3) is 0.944. The number of fused-ring (bicyclic) bond motifs is 3. The minimum Gasteiger partial charge on any atom is -0.396 e. The molecule has 0 aromatic carbocycles. The second kappa shape index (κ2) is 5.34. The number of aliphatic hydroxyl groups is 1. The van der Waals surface area contributed by atoms with Crippen LogP contribution in [0.15, 0.2) is 0 Å². The highest BCUT2D eigenvalue weighted by molar-refractivity contribution is 5.09. The van der Waals surface area contributed by atoms with Gasteiger partial charge in [-0.1, -0.05) is 13.8 Å². The summed E-state index contributed by atoms with van der Waals surface area (Å²) >= 11 is 0. The van der Waals surface area contributed by atoms with Crippen molar-refractivity contribution in [3.05, 3.63) is 0 Å². The maximum atomic E-state index is 9.45. The van der Waals surface area contributed by atoms with Crippen molar-refractivity contribution in [3.63, 3.8) is 0 Å². The SMILES string of the molecule is C[C@@H]1C2CC[C@@]3(C)C(CC[C@H]3C#N)C2CC[C@H]1CCO. The topological polar surface area (TPSA) is 44.0 Å². The van der Waals surface area contributed by atoms with Crippen LogP contribution in [0.3, 0.4) is 0 Å². The molecule has 3 aliphatic carbocycles. The Kier molecular flexibility index (Phi) is 3.84. The van der Waals surface area contributed by atoms with E-state index < -0.39 is 0 Å². The van der Waals surface area contributed by atoms with E-state index >= 15 is 0 Å². The van der Waals surface area contributed by atoms with Gasteiger partial charge in [-0.3, -0.25) is 0 Å². The largest absolute Gasteiger partial charge is 0.396 e. The molecule has 0 aliphatic heterocycles. The van der Waals surface area contributed by atoms with Gasteiger partial charge in [-0.2, -0.15) is 5.26 Å². The lowest BCUT2D eigenvalue weighted by Crippen LogP contribution is -2.46. The first-order valence-corrected chi connectivity index (χ1v) is 8.62. The van der Waals surface area contributed by atoms with Gasteiger partial charge >= 0.3 is 0 Å². The molecule has 0 amide bonds. The Bertz CT molecular complexity index is 401. The number of hydrogen-bond acceptors (Lipinski definition) is 2. The molecule has 0 bridgehead atoms. The molecule has 1 N–H and O–H groups in total. The summed E-state index contributed by atoms with van der Waals surface area (Å²) in [4.78, 5) is 0. The van der Waals surface area contributed by atoms with E-state index in [1.807, 2.05) is 0 Å². The lowest BCUT2D eigenvalue weighted by molar-refractivity contribution is -0.0434. The van der Waals surface area contributed by atoms with Crippen molar-refractivity contribution in [3.8, 4) is 6.07 Å². The molecule has 3 saturated carbocycles. The van der Waals surface area contributed by atoms with E-state index in [4.69, 9.17) is 0 Å². The van der Waals surface area contributed by atoms with Gasteiger partial charge < -0.3 is 5.11 Å². The molecule has 3 rings (SSSR count). The van der Waals surface area contributed by atoms with Gasteiger partial charge in [0.2, 0.25) is 0 Å². The van der Waals surface area contributed by atoms with E-state index in [9.17, 15) is 10.4 Å². The molecule has 0 spiro atoms. The quantitative estimate of drug-likeness (QED) is 0.828.